The molecule has 0 saturated heterocycles. The van der Waals surface area contributed by atoms with Crippen LogP contribution in [-0.2, 0) is 0 Å². The number of nitrogens with zero attached hydrogens (tertiary/aromatic N) is 2. The van der Waals surface area contributed by atoms with E-state index in [4.69, 9.17) is 10.2 Å². The zero-order valence-corrected chi connectivity index (χ0v) is 12.9. The molecule has 0 fully saturated rings. The molecule has 0 bridgehead atoms. The summed E-state index contributed by atoms with van der Waals surface area (Å²) in [6.07, 6.45) is 1.54. The van der Waals surface area contributed by atoms with Crippen LogP contribution in [0.1, 0.15) is 15.9 Å². The molecular weight excluding hydrogens is 304 g/mol. The molecule has 0 spiro atoms. The van der Waals surface area contributed by atoms with Crippen molar-refractivity contribution in [2.75, 3.05) is 0 Å². The number of nitrogens with one attached hydrogen (secondary N) is 1. The third kappa shape index (κ3) is 2.34. The lowest BCUT2D eigenvalue weighted by Crippen LogP contribution is -2.11. The maximum atomic E-state index is 11.5. The third-order valence-electron chi connectivity index (χ3n) is 3.82. The summed E-state index contributed by atoms with van der Waals surface area (Å²) in [7, 11) is 0. The molecule has 2 heterocycles. The summed E-state index contributed by atoms with van der Waals surface area (Å²) in [4.78, 5) is 23.6. The predicted octanol–water partition coefficient (Wildman–Crippen LogP) is 3.29. The predicted molar refractivity (Wildman–Crippen MR) is 90.3 cm³/mol. The van der Waals surface area contributed by atoms with Gasteiger partial charge < -0.3 is 15.1 Å². The van der Waals surface area contributed by atoms with Crippen molar-refractivity contribution in [3.8, 4) is 23.0 Å². The number of primary amides is 1. The van der Waals surface area contributed by atoms with Crippen molar-refractivity contribution in [1.82, 2.24) is 15.0 Å². The summed E-state index contributed by atoms with van der Waals surface area (Å²) >= 11 is 0. The van der Waals surface area contributed by atoms with E-state index in [0.29, 0.717) is 28.5 Å². The van der Waals surface area contributed by atoms with E-state index in [1.165, 1.54) is 11.8 Å². The molecule has 0 unspecified atom stereocenters. The molecule has 24 heavy (non-hydrogen) atoms. The molecule has 0 saturated carbocycles. The number of hydrogen-bond acceptors (Lipinski definition) is 4. The highest BCUT2D eigenvalue weighted by atomic mass is 16.3. The smallest absolute Gasteiger partial charge is 0.250 e. The summed E-state index contributed by atoms with van der Waals surface area (Å²) in [5, 5.41) is 0. The van der Waals surface area contributed by atoms with Gasteiger partial charge in [-0.3, -0.25) is 4.79 Å². The van der Waals surface area contributed by atoms with Crippen LogP contribution in [0, 0.1) is 6.92 Å². The maximum Gasteiger partial charge on any atom is 0.250 e. The van der Waals surface area contributed by atoms with E-state index in [2.05, 4.69) is 15.0 Å². The van der Waals surface area contributed by atoms with Gasteiger partial charge in [0.1, 0.15) is 17.5 Å². The molecule has 4 rings (SSSR count). The van der Waals surface area contributed by atoms with E-state index >= 15 is 0 Å². The van der Waals surface area contributed by atoms with Crippen LogP contribution in [0.5, 0.6) is 0 Å². The number of carbonyl (C=O) groups is 1. The number of amides is 1. The molecule has 118 valence electrons. The number of para-hydroxylation sites is 1. The highest BCUT2D eigenvalue weighted by molar-refractivity contribution is 6.04. The molecule has 0 aliphatic carbocycles. The van der Waals surface area contributed by atoms with Crippen LogP contribution in [0.15, 0.2) is 53.1 Å². The fourth-order valence-corrected chi connectivity index (χ4v) is 2.56. The van der Waals surface area contributed by atoms with Gasteiger partial charge in [-0.25, -0.2) is 9.97 Å². The number of hydrogen-bond donors (Lipinski definition) is 2. The van der Waals surface area contributed by atoms with Crippen molar-refractivity contribution >= 4 is 16.9 Å². The first-order valence-corrected chi connectivity index (χ1v) is 7.43. The molecule has 0 radical (unpaired) electrons. The first-order valence-electron chi connectivity index (χ1n) is 7.43. The molecule has 0 aliphatic heterocycles. The molecule has 6 heteroatoms. The third-order valence-corrected chi connectivity index (χ3v) is 3.82. The summed E-state index contributed by atoms with van der Waals surface area (Å²) in [6, 6.07) is 13.1. The van der Waals surface area contributed by atoms with E-state index in [1.807, 2.05) is 37.3 Å². The highest BCUT2D eigenvalue weighted by Gasteiger charge is 2.15. The molecule has 0 atom stereocenters. The number of aryl methyl sites for hydroxylation is 1. The van der Waals surface area contributed by atoms with Crippen LogP contribution in [0.2, 0.25) is 0 Å². The van der Waals surface area contributed by atoms with E-state index < -0.39 is 5.91 Å². The standard InChI is InChI=1S/C18H14N4O2/c1-10-5-7-11(8-6-10)18-21-14(9-24-18)17-20-13-4-2-3-12(16(19)23)15(13)22-17/h2-9H,1H3,(H2,19,23)(H,20,22). The van der Waals surface area contributed by atoms with Gasteiger partial charge in [0.25, 0.3) is 5.91 Å². The lowest BCUT2D eigenvalue weighted by atomic mass is 10.1. The number of carbonyl (C=O) groups excluding carboxylic acids is 1. The Labute approximate surface area is 137 Å². The molecule has 0 aliphatic rings. The van der Waals surface area contributed by atoms with Crippen LogP contribution in [0.3, 0.4) is 0 Å². The Kier molecular flexibility index (Phi) is 3.16. The van der Waals surface area contributed by atoms with Gasteiger partial charge in [0.15, 0.2) is 5.82 Å². The van der Waals surface area contributed by atoms with Gasteiger partial charge in [-0.15, -0.1) is 0 Å². The Balaban J connectivity index is 1.77. The van der Waals surface area contributed by atoms with Crippen LogP contribution < -0.4 is 5.73 Å². The number of H-pyrrole nitrogens is 1. The Hall–Kier alpha value is -3.41. The van der Waals surface area contributed by atoms with Crippen molar-refractivity contribution < 1.29 is 9.21 Å². The van der Waals surface area contributed by atoms with E-state index in [0.717, 1.165) is 11.1 Å². The van der Waals surface area contributed by atoms with Crippen molar-refractivity contribution in [1.29, 1.82) is 0 Å². The number of benzene rings is 2. The molecule has 1 amide bonds. The van der Waals surface area contributed by atoms with Crippen molar-refractivity contribution in [2.45, 2.75) is 6.92 Å². The van der Waals surface area contributed by atoms with Crippen LogP contribution in [0.4, 0.5) is 0 Å². The zero-order chi connectivity index (χ0) is 16.7. The Morgan fingerprint density at radius 3 is 2.67 bits per heavy atom. The second-order valence-corrected chi connectivity index (χ2v) is 5.56. The minimum absolute atomic E-state index is 0.372. The van der Waals surface area contributed by atoms with E-state index in [1.54, 1.807) is 12.1 Å². The van der Waals surface area contributed by atoms with Gasteiger partial charge in [-0.05, 0) is 31.2 Å². The summed E-state index contributed by atoms with van der Waals surface area (Å²) < 4.78 is 5.56. The van der Waals surface area contributed by atoms with Crippen molar-refractivity contribution in [2.24, 2.45) is 5.73 Å². The van der Waals surface area contributed by atoms with Crippen molar-refractivity contribution in [3.63, 3.8) is 0 Å². The lowest BCUT2D eigenvalue weighted by Gasteiger charge is -1.95. The number of aromatic nitrogens is 3. The van der Waals surface area contributed by atoms with E-state index in [-0.39, 0.29) is 0 Å². The molecule has 2 aromatic heterocycles. The van der Waals surface area contributed by atoms with Gasteiger partial charge >= 0.3 is 0 Å². The molecule has 3 N–H and O–H groups in total. The molecular formula is C18H14N4O2. The first kappa shape index (κ1) is 14.2. The van der Waals surface area contributed by atoms with E-state index in [9.17, 15) is 4.79 Å². The SMILES string of the molecule is Cc1ccc(-c2nc(-c3nc4c(C(N)=O)cccc4[nH]3)co2)cc1. The van der Waals surface area contributed by atoms with Crippen LogP contribution in [-0.4, -0.2) is 20.9 Å². The number of nitrogens with two attached hydrogens (primary N) is 1. The monoisotopic (exact) mass is 318 g/mol. The zero-order valence-electron chi connectivity index (χ0n) is 12.9. The minimum atomic E-state index is -0.515. The Morgan fingerprint density at radius 1 is 1.12 bits per heavy atom. The van der Waals surface area contributed by atoms with Gasteiger partial charge in [0, 0.05) is 5.56 Å². The van der Waals surface area contributed by atoms with Crippen LogP contribution in [0.25, 0.3) is 34.0 Å². The van der Waals surface area contributed by atoms with Crippen LogP contribution >= 0.6 is 0 Å². The number of oxazole rings is 1. The number of fused-ring (bicyclic) bond motifs is 1. The summed E-state index contributed by atoms with van der Waals surface area (Å²) in [6.45, 7) is 2.02. The Bertz CT molecular complexity index is 1040. The Morgan fingerprint density at radius 2 is 1.92 bits per heavy atom. The average Bonchev–Trinajstić information content (AvgIpc) is 3.21. The quantitative estimate of drug-likeness (QED) is 0.605. The number of imidazole rings is 1. The van der Waals surface area contributed by atoms with Gasteiger partial charge in [0.2, 0.25) is 5.89 Å². The molecule has 6 nitrogen and oxygen atoms in total. The summed E-state index contributed by atoms with van der Waals surface area (Å²) in [5.74, 6) is 0.528. The highest BCUT2D eigenvalue weighted by Crippen LogP contribution is 2.26. The topological polar surface area (TPSA) is 97.8 Å². The number of rotatable bonds is 3. The second kappa shape index (κ2) is 5.34. The molecule has 2 aromatic carbocycles. The van der Waals surface area contributed by atoms with Gasteiger partial charge in [-0.1, -0.05) is 23.8 Å². The first-order chi connectivity index (χ1) is 11.6. The summed E-state index contributed by atoms with van der Waals surface area (Å²) in [5.41, 5.74) is 9.64. The maximum absolute atomic E-state index is 11.5. The van der Waals surface area contributed by atoms with Gasteiger partial charge in [0.05, 0.1) is 11.1 Å². The normalized spacial score (nSPS) is 11.0. The second-order valence-electron chi connectivity index (χ2n) is 5.56. The number of aromatic amines is 1. The molecule has 4 aromatic rings. The lowest BCUT2D eigenvalue weighted by molar-refractivity contribution is 0.100. The average molecular weight is 318 g/mol. The minimum Gasteiger partial charge on any atom is -0.444 e. The van der Waals surface area contributed by atoms with Gasteiger partial charge in [-0.2, -0.15) is 0 Å². The fourth-order valence-electron chi connectivity index (χ4n) is 2.56. The van der Waals surface area contributed by atoms with Crippen molar-refractivity contribution in [3.05, 3.63) is 59.9 Å². The fraction of sp³-hybridized carbons (Fsp3) is 0.0556. The largest absolute Gasteiger partial charge is 0.444 e.